The highest BCUT2D eigenvalue weighted by atomic mass is 16.4. The highest BCUT2D eigenvalue weighted by Gasteiger charge is 2.24. The molecule has 7 nitrogen and oxygen atoms in total. The number of H-pyrrole nitrogens is 1. The molecule has 0 saturated heterocycles. The second kappa shape index (κ2) is 7.31. The van der Waals surface area contributed by atoms with Crippen molar-refractivity contribution < 1.29 is 9.90 Å². The van der Waals surface area contributed by atoms with Crippen molar-refractivity contribution in [1.29, 1.82) is 0 Å². The lowest BCUT2D eigenvalue weighted by molar-refractivity contribution is -0.143. The second-order valence-electron chi connectivity index (χ2n) is 6.09. The maximum absolute atomic E-state index is 11.8. The number of carboxylic acid groups (broad SMARTS) is 1. The molecule has 3 aromatic rings. The number of hydrogen-bond acceptors (Lipinski definition) is 4. The zero-order chi connectivity index (χ0) is 17.8. The number of nitrogens with zero attached hydrogens (tertiary/aromatic N) is 4. The van der Waals surface area contributed by atoms with Crippen molar-refractivity contribution in [3.8, 4) is 11.3 Å². The van der Waals surface area contributed by atoms with Gasteiger partial charge in [0.05, 0.1) is 11.9 Å². The van der Waals surface area contributed by atoms with Crippen LogP contribution in [0.2, 0.25) is 0 Å². The third kappa shape index (κ3) is 3.95. The van der Waals surface area contributed by atoms with Crippen molar-refractivity contribution in [1.82, 2.24) is 24.9 Å². The summed E-state index contributed by atoms with van der Waals surface area (Å²) in [6, 6.07) is 8.73. The lowest BCUT2D eigenvalue weighted by Crippen LogP contribution is -2.32. The molecule has 2 N–H and O–H groups in total. The molecule has 2 aromatic heterocycles. The van der Waals surface area contributed by atoms with Gasteiger partial charge in [-0.25, -0.2) is 0 Å². The van der Waals surface area contributed by atoms with Crippen LogP contribution in [0.4, 0.5) is 0 Å². The summed E-state index contributed by atoms with van der Waals surface area (Å²) < 4.78 is 1.75. The second-order valence-corrected chi connectivity index (χ2v) is 6.09. The van der Waals surface area contributed by atoms with Crippen molar-refractivity contribution in [2.24, 2.45) is 7.05 Å². The molecule has 7 heteroatoms. The van der Waals surface area contributed by atoms with Gasteiger partial charge in [-0.3, -0.25) is 19.5 Å². The molecular formula is C18H21N5O2. The molecule has 0 saturated carbocycles. The predicted molar refractivity (Wildman–Crippen MR) is 93.9 cm³/mol. The van der Waals surface area contributed by atoms with E-state index in [1.165, 1.54) is 0 Å². The maximum atomic E-state index is 11.8. The quantitative estimate of drug-likeness (QED) is 0.688. The van der Waals surface area contributed by atoms with Crippen molar-refractivity contribution in [3.63, 3.8) is 0 Å². The summed E-state index contributed by atoms with van der Waals surface area (Å²) in [5, 5.41) is 20.7. The number of hydrogen-bond donors (Lipinski definition) is 2. The van der Waals surface area contributed by atoms with Gasteiger partial charge < -0.3 is 5.11 Å². The van der Waals surface area contributed by atoms with Gasteiger partial charge in [0.1, 0.15) is 6.04 Å². The van der Waals surface area contributed by atoms with Crippen molar-refractivity contribution in [3.05, 3.63) is 60.0 Å². The molecule has 1 aromatic carbocycles. The SMILES string of the molecule is CN(CCc1cnn(C)c1)[C@@H](C(=O)O)c1ccc(-c2ccn[nH]2)cc1. The largest absolute Gasteiger partial charge is 0.480 e. The summed E-state index contributed by atoms with van der Waals surface area (Å²) in [5.41, 5.74) is 3.73. The molecule has 2 heterocycles. The molecule has 0 aliphatic heterocycles. The number of likely N-dealkylation sites (N-methyl/N-ethyl adjacent to an activating group) is 1. The molecule has 3 rings (SSSR count). The summed E-state index contributed by atoms with van der Waals surface area (Å²) >= 11 is 0. The average molecular weight is 339 g/mol. The third-order valence-corrected chi connectivity index (χ3v) is 4.22. The number of carbonyl (C=O) groups is 1. The Bertz CT molecular complexity index is 824. The van der Waals surface area contributed by atoms with E-state index < -0.39 is 12.0 Å². The van der Waals surface area contributed by atoms with E-state index in [1.54, 1.807) is 10.9 Å². The lowest BCUT2D eigenvalue weighted by atomic mass is 10.0. The van der Waals surface area contributed by atoms with E-state index in [1.807, 2.05) is 61.7 Å². The van der Waals surface area contributed by atoms with E-state index in [2.05, 4.69) is 15.3 Å². The number of rotatable bonds is 7. The van der Waals surface area contributed by atoms with Crippen molar-refractivity contribution in [2.75, 3.05) is 13.6 Å². The minimum Gasteiger partial charge on any atom is -0.480 e. The number of aromatic nitrogens is 4. The van der Waals surface area contributed by atoms with Crippen LogP contribution in [0.3, 0.4) is 0 Å². The zero-order valence-electron chi connectivity index (χ0n) is 14.3. The molecule has 0 amide bonds. The number of aryl methyl sites for hydroxylation is 1. The first kappa shape index (κ1) is 16.9. The van der Waals surface area contributed by atoms with Gasteiger partial charge in [-0.05, 0) is 36.2 Å². The van der Waals surface area contributed by atoms with Gasteiger partial charge in [0, 0.05) is 26.0 Å². The summed E-state index contributed by atoms with van der Waals surface area (Å²) in [6.45, 7) is 0.630. The van der Waals surface area contributed by atoms with Gasteiger partial charge in [-0.15, -0.1) is 0 Å². The smallest absolute Gasteiger partial charge is 0.325 e. The molecule has 0 aliphatic carbocycles. The average Bonchev–Trinajstić information content (AvgIpc) is 3.25. The highest BCUT2D eigenvalue weighted by Crippen LogP contribution is 2.24. The monoisotopic (exact) mass is 339 g/mol. The van der Waals surface area contributed by atoms with Crippen LogP contribution in [0, 0.1) is 0 Å². The number of benzene rings is 1. The van der Waals surface area contributed by atoms with Crippen LogP contribution in [0.15, 0.2) is 48.9 Å². The van der Waals surface area contributed by atoms with E-state index >= 15 is 0 Å². The first-order valence-electron chi connectivity index (χ1n) is 8.05. The van der Waals surface area contributed by atoms with E-state index in [0.29, 0.717) is 6.54 Å². The summed E-state index contributed by atoms with van der Waals surface area (Å²) in [6.07, 6.45) is 6.20. The Morgan fingerprint density at radius 1 is 1.32 bits per heavy atom. The van der Waals surface area contributed by atoms with Gasteiger partial charge in [0.2, 0.25) is 0 Å². The fourth-order valence-corrected chi connectivity index (χ4v) is 2.88. The summed E-state index contributed by atoms with van der Waals surface area (Å²) in [7, 11) is 3.70. The molecular weight excluding hydrogens is 318 g/mol. The van der Waals surface area contributed by atoms with Gasteiger partial charge in [0.25, 0.3) is 0 Å². The number of aromatic amines is 1. The van der Waals surface area contributed by atoms with Crippen LogP contribution in [0.1, 0.15) is 17.2 Å². The Balaban J connectivity index is 1.72. The Morgan fingerprint density at radius 3 is 2.64 bits per heavy atom. The number of carboxylic acids is 1. The summed E-state index contributed by atoms with van der Waals surface area (Å²) in [5.74, 6) is -0.858. The molecule has 0 spiro atoms. The van der Waals surface area contributed by atoms with Crippen LogP contribution in [-0.4, -0.2) is 49.5 Å². The van der Waals surface area contributed by atoms with Gasteiger partial charge in [-0.2, -0.15) is 10.2 Å². The van der Waals surface area contributed by atoms with E-state index in [9.17, 15) is 9.90 Å². The van der Waals surface area contributed by atoms with Crippen LogP contribution in [0.25, 0.3) is 11.3 Å². The van der Waals surface area contributed by atoms with Crippen LogP contribution in [-0.2, 0) is 18.3 Å². The fourth-order valence-electron chi connectivity index (χ4n) is 2.88. The van der Waals surface area contributed by atoms with Crippen molar-refractivity contribution in [2.45, 2.75) is 12.5 Å². The van der Waals surface area contributed by atoms with Crippen molar-refractivity contribution >= 4 is 5.97 Å². The molecule has 0 bridgehead atoms. The number of aliphatic carboxylic acids is 1. The minimum absolute atomic E-state index is 0.630. The Kier molecular flexibility index (Phi) is 4.95. The summed E-state index contributed by atoms with van der Waals surface area (Å²) in [4.78, 5) is 13.6. The molecule has 1 atom stereocenters. The van der Waals surface area contributed by atoms with E-state index in [0.717, 1.165) is 28.8 Å². The van der Waals surface area contributed by atoms with Gasteiger partial charge >= 0.3 is 5.97 Å². The Labute approximate surface area is 145 Å². The Morgan fingerprint density at radius 2 is 2.08 bits per heavy atom. The van der Waals surface area contributed by atoms with Crippen LogP contribution in [0.5, 0.6) is 0 Å². The minimum atomic E-state index is -0.858. The maximum Gasteiger partial charge on any atom is 0.325 e. The fraction of sp³-hybridized carbons (Fsp3) is 0.278. The normalized spacial score (nSPS) is 12.4. The predicted octanol–water partition coefficient (Wildman–Crippen LogP) is 2.11. The Hall–Kier alpha value is -2.93. The lowest BCUT2D eigenvalue weighted by Gasteiger charge is -2.25. The zero-order valence-corrected chi connectivity index (χ0v) is 14.3. The highest BCUT2D eigenvalue weighted by molar-refractivity contribution is 5.76. The molecule has 0 aliphatic rings. The molecule has 25 heavy (non-hydrogen) atoms. The standard InChI is InChI=1S/C18H21N5O2/c1-22(10-8-13-11-20-23(2)12-13)17(18(24)25)15-5-3-14(4-6-15)16-7-9-19-21-16/h3-7,9,11-12,17H,8,10H2,1-2H3,(H,19,21)(H,24,25)/t17-/m1/s1. The van der Waals surface area contributed by atoms with Gasteiger partial charge in [0.15, 0.2) is 0 Å². The molecule has 0 unspecified atom stereocenters. The van der Waals surface area contributed by atoms with E-state index in [-0.39, 0.29) is 0 Å². The molecule has 130 valence electrons. The third-order valence-electron chi connectivity index (χ3n) is 4.22. The van der Waals surface area contributed by atoms with Crippen LogP contribution < -0.4 is 0 Å². The molecule has 0 radical (unpaired) electrons. The first-order valence-corrected chi connectivity index (χ1v) is 8.05. The van der Waals surface area contributed by atoms with E-state index in [4.69, 9.17) is 0 Å². The van der Waals surface area contributed by atoms with Crippen LogP contribution >= 0.6 is 0 Å². The first-order chi connectivity index (χ1) is 12.0. The molecule has 0 fully saturated rings. The topological polar surface area (TPSA) is 87.0 Å². The number of nitrogens with one attached hydrogen (secondary N) is 1. The van der Waals surface area contributed by atoms with Gasteiger partial charge in [-0.1, -0.05) is 24.3 Å².